The lowest BCUT2D eigenvalue weighted by molar-refractivity contribution is -0.157. The number of nitrogens with zero attached hydrogens (tertiary/aromatic N) is 3. The van der Waals surface area contributed by atoms with Crippen molar-refractivity contribution < 1.29 is 27.9 Å². The number of aromatic nitrogens is 3. The van der Waals surface area contributed by atoms with Crippen LogP contribution < -0.4 is 5.32 Å². The van der Waals surface area contributed by atoms with Crippen molar-refractivity contribution in [3.8, 4) is 5.69 Å². The number of nitrogens with one attached hydrogen (secondary N) is 1. The van der Waals surface area contributed by atoms with Gasteiger partial charge in [-0.2, -0.15) is 13.2 Å². The van der Waals surface area contributed by atoms with E-state index < -0.39 is 36.3 Å². The molecular weight excluding hydrogens is 365 g/mol. The maximum atomic E-state index is 12.5. The van der Waals surface area contributed by atoms with Gasteiger partial charge in [0.05, 0.1) is 12.1 Å². The highest BCUT2D eigenvalue weighted by atomic mass is 19.4. The molecule has 0 bridgehead atoms. The number of carboxylic acids is 1. The second kappa shape index (κ2) is 7.77. The van der Waals surface area contributed by atoms with Gasteiger partial charge in [-0.15, -0.1) is 5.10 Å². The maximum Gasteiger partial charge on any atom is 0.391 e. The predicted molar refractivity (Wildman–Crippen MR) is 89.7 cm³/mol. The Morgan fingerprint density at radius 2 is 1.89 bits per heavy atom. The monoisotopic (exact) mass is 384 g/mol. The van der Waals surface area contributed by atoms with Gasteiger partial charge in [-0.1, -0.05) is 32.0 Å². The molecule has 146 valence electrons. The lowest BCUT2D eigenvalue weighted by Crippen LogP contribution is -2.44. The van der Waals surface area contributed by atoms with Crippen LogP contribution in [0.25, 0.3) is 5.69 Å². The van der Waals surface area contributed by atoms with Gasteiger partial charge in [-0.3, -0.25) is 4.79 Å². The van der Waals surface area contributed by atoms with Crippen molar-refractivity contribution in [2.45, 2.75) is 45.3 Å². The first-order valence-electron chi connectivity index (χ1n) is 8.13. The molecule has 1 aromatic heterocycles. The first-order valence-corrected chi connectivity index (χ1v) is 8.13. The Morgan fingerprint density at radius 1 is 1.26 bits per heavy atom. The van der Waals surface area contributed by atoms with Crippen LogP contribution in [-0.4, -0.2) is 44.0 Å². The zero-order valence-electron chi connectivity index (χ0n) is 14.9. The summed E-state index contributed by atoms with van der Waals surface area (Å²) in [6.07, 6.45) is -6.43. The summed E-state index contributed by atoms with van der Waals surface area (Å²) in [6.45, 7) is 5.55. The van der Waals surface area contributed by atoms with Crippen LogP contribution >= 0.6 is 0 Å². The van der Waals surface area contributed by atoms with Gasteiger partial charge in [0.1, 0.15) is 11.9 Å². The molecular formula is C17H19F3N4O3. The SMILES string of the molecule is Cc1nc(C(=O)NC(CC(F)(F)F)C(=O)O)nn1-c1ccccc1C(C)C. The van der Waals surface area contributed by atoms with E-state index in [1.54, 1.807) is 19.1 Å². The van der Waals surface area contributed by atoms with Crippen molar-refractivity contribution in [1.29, 1.82) is 0 Å². The van der Waals surface area contributed by atoms with Crippen LogP contribution in [0.2, 0.25) is 0 Å². The third-order valence-corrected chi connectivity index (χ3v) is 3.80. The summed E-state index contributed by atoms with van der Waals surface area (Å²) >= 11 is 0. The first-order chi connectivity index (χ1) is 12.5. The van der Waals surface area contributed by atoms with Gasteiger partial charge >= 0.3 is 12.1 Å². The fourth-order valence-electron chi connectivity index (χ4n) is 2.54. The summed E-state index contributed by atoms with van der Waals surface area (Å²) in [6, 6.07) is 5.19. The molecule has 7 nitrogen and oxygen atoms in total. The van der Waals surface area contributed by atoms with Crippen molar-refractivity contribution in [3.63, 3.8) is 0 Å². The van der Waals surface area contributed by atoms with Crippen LogP contribution in [0.3, 0.4) is 0 Å². The number of rotatable bonds is 6. The number of aryl methyl sites for hydroxylation is 1. The minimum atomic E-state index is -4.74. The van der Waals surface area contributed by atoms with Gasteiger partial charge in [0.15, 0.2) is 0 Å². The molecule has 10 heteroatoms. The smallest absolute Gasteiger partial charge is 0.391 e. The van der Waals surface area contributed by atoms with Gasteiger partial charge in [0.25, 0.3) is 5.91 Å². The van der Waals surface area contributed by atoms with E-state index in [0.29, 0.717) is 11.5 Å². The quantitative estimate of drug-likeness (QED) is 0.798. The minimum absolute atomic E-state index is 0.158. The number of benzene rings is 1. The zero-order chi connectivity index (χ0) is 20.4. The molecule has 1 aromatic carbocycles. The van der Waals surface area contributed by atoms with E-state index >= 15 is 0 Å². The topological polar surface area (TPSA) is 97.1 Å². The highest BCUT2D eigenvalue weighted by molar-refractivity contribution is 5.93. The number of para-hydroxylation sites is 1. The standard InChI is InChI=1S/C17H19F3N4O3/c1-9(2)11-6-4-5-7-13(11)24-10(3)21-14(23-24)15(25)22-12(16(26)27)8-17(18,19)20/h4-7,9,12H,8H2,1-3H3,(H,22,25)(H,26,27). The largest absolute Gasteiger partial charge is 0.480 e. The van der Waals surface area contributed by atoms with E-state index in [0.717, 1.165) is 5.56 Å². The summed E-state index contributed by atoms with van der Waals surface area (Å²) in [5.41, 5.74) is 1.62. The van der Waals surface area contributed by atoms with Crippen LogP contribution in [-0.2, 0) is 4.79 Å². The van der Waals surface area contributed by atoms with Gasteiger partial charge in [0, 0.05) is 0 Å². The molecule has 1 unspecified atom stereocenters. The number of carbonyl (C=O) groups is 2. The second-order valence-corrected chi connectivity index (χ2v) is 6.29. The molecule has 27 heavy (non-hydrogen) atoms. The summed E-state index contributed by atoms with van der Waals surface area (Å²) in [5, 5.41) is 14.8. The fraction of sp³-hybridized carbons (Fsp3) is 0.412. The van der Waals surface area contributed by atoms with Crippen LogP contribution in [0.4, 0.5) is 13.2 Å². The number of hydrogen-bond donors (Lipinski definition) is 2. The predicted octanol–water partition coefficient (Wildman–Crippen LogP) is 2.83. The molecule has 2 rings (SSSR count). The van der Waals surface area contributed by atoms with Crippen LogP contribution in [0.1, 0.15) is 48.2 Å². The van der Waals surface area contributed by atoms with Crippen LogP contribution in [0.5, 0.6) is 0 Å². The Kier molecular flexibility index (Phi) is 5.87. The Balaban J connectivity index is 2.30. The molecule has 2 aromatic rings. The Hall–Kier alpha value is -2.91. The minimum Gasteiger partial charge on any atom is -0.480 e. The van der Waals surface area contributed by atoms with Gasteiger partial charge < -0.3 is 10.4 Å². The lowest BCUT2D eigenvalue weighted by atomic mass is 10.0. The third kappa shape index (κ3) is 5.05. The molecule has 1 heterocycles. The average Bonchev–Trinajstić information content (AvgIpc) is 2.94. The number of alkyl halides is 3. The Morgan fingerprint density at radius 3 is 2.44 bits per heavy atom. The van der Waals surface area contributed by atoms with Crippen molar-refractivity contribution in [3.05, 3.63) is 41.5 Å². The average molecular weight is 384 g/mol. The van der Waals surface area contributed by atoms with E-state index in [9.17, 15) is 22.8 Å². The van der Waals surface area contributed by atoms with Crippen molar-refractivity contribution in [2.24, 2.45) is 0 Å². The summed E-state index contributed by atoms with van der Waals surface area (Å²) < 4.78 is 38.8. The van der Waals surface area contributed by atoms with Crippen LogP contribution in [0, 0.1) is 6.92 Å². The molecule has 1 amide bonds. The number of amides is 1. The van der Waals surface area contributed by atoms with Crippen LogP contribution in [0.15, 0.2) is 24.3 Å². The highest BCUT2D eigenvalue weighted by Gasteiger charge is 2.37. The van der Waals surface area contributed by atoms with E-state index in [1.165, 1.54) is 4.68 Å². The van der Waals surface area contributed by atoms with E-state index in [-0.39, 0.29) is 5.92 Å². The molecule has 0 aliphatic heterocycles. The number of carboxylic acid groups (broad SMARTS) is 1. The Labute approximate surface area is 153 Å². The van der Waals surface area contributed by atoms with E-state index in [2.05, 4.69) is 10.1 Å². The molecule has 0 radical (unpaired) electrons. The molecule has 0 saturated carbocycles. The summed E-state index contributed by atoms with van der Waals surface area (Å²) in [7, 11) is 0. The number of halogens is 3. The van der Waals surface area contributed by atoms with E-state index in [1.807, 2.05) is 31.3 Å². The van der Waals surface area contributed by atoms with Gasteiger partial charge in [-0.25, -0.2) is 14.5 Å². The molecule has 0 spiro atoms. The highest BCUT2D eigenvalue weighted by Crippen LogP contribution is 2.24. The molecule has 0 aliphatic rings. The summed E-state index contributed by atoms with van der Waals surface area (Å²) in [5.74, 6) is -2.78. The van der Waals surface area contributed by atoms with Gasteiger partial charge in [0.2, 0.25) is 5.82 Å². The first kappa shape index (κ1) is 20.4. The van der Waals surface area contributed by atoms with Gasteiger partial charge in [-0.05, 0) is 24.5 Å². The van der Waals surface area contributed by atoms with E-state index in [4.69, 9.17) is 5.11 Å². The van der Waals surface area contributed by atoms with Crippen molar-refractivity contribution >= 4 is 11.9 Å². The van der Waals surface area contributed by atoms with Crippen molar-refractivity contribution in [1.82, 2.24) is 20.1 Å². The summed E-state index contributed by atoms with van der Waals surface area (Å²) in [4.78, 5) is 27.1. The molecule has 2 N–H and O–H groups in total. The second-order valence-electron chi connectivity index (χ2n) is 6.29. The number of hydrogen-bond acceptors (Lipinski definition) is 4. The molecule has 0 saturated heterocycles. The molecule has 0 aliphatic carbocycles. The third-order valence-electron chi connectivity index (χ3n) is 3.80. The normalized spacial score (nSPS) is 12.9. The fourth-order valence-corrected chi connectivity index (χ4v) is 2.54. The zero-order valence-corrected chi connectivity index (χ0v) is 14.9. The molecule has 0 fully saturated rings. The molecule has 1 atom stereocenters. The lowest BCUT2D eigenvalue weighted by Gasteiger charge is -2.15. The Bertz CT molecular complexity index is 846. The maximum absolute atomic E-state index is 12.5. The van der Waals surface area contributed by atoms with Crippen molar-refractivity contribution in [2.75, 3.05) is 0 Å². The number of carbonyl (C=O) groups excluding carboxylic acids is 1. The number of aliphatic carboxylic acids is 1.